The number of anilines is 1. The van der Waals surface area contributed by atoms with Gasteiger partial charge in [0.2, 0.25) is 0 Å². The van der Waals surface area contributed by atoms with Crippen LogP contribution in [0, 0.1) is 0 Å². The molecule has 0 aromatic heterocycles. The summed E-state index contributed by atoms with van der Waals surface area (Å²) in [7, 11) is -1.55. The van der Waals surface area contributed by atoms with Gasteiger partial charge in [0, 0.05) is 35.4 Å². The van der Waals surface area contributed by atoms with E-state index in [1.807, 2.05) is 31.2 Å². The summed E-state index contributed by atoms with van der Waals surface area (Å²) < 4.78 is 30.1. The van der Waals surface area contributed by atoms with Crippen molar-refractivity contribution in [3.8, 4) is 5.75 Å². The van der Waals surface area contributed by atoms with Gasteiger partial charge in [-0.2, -0.15) is 18.6 Å². The minimum absolute atomic E-state index is 0.202. The molecule has 9 nitrogen and oxygen atoms in total. The molecule has 0 atom stereocenters. The molecule has 0 aliphatic heterocycles. The van der Waals surface area contributed by atoms with Crippen LogP contribution in [0.2, 0.25) is 0 Å². The van der Waals surface area contributed by atoms with Crippen molar-refractivity contribution in [2.45, 2.75) is 11.8 Å². The number of hydrogen-bond acceptors (Lipinski definition) is 9. The highest BCUT2D eigenvalue weighted by atomic mass is 32.2. The maximum atomic E-state index is 12.7. The lowest BCUT2D eigenvalue weighted by atomic mass is 10.1. The van der Waals surface area contributed by atoms with Crippen LogP contribution < -0.4 is 5.32 Å². The lowest BCUT2D eigenvalue weighted by molar-refractivity contribution is 0.397. The normalized spacial score (nSPS) is 12.3. The second kappa shape index (κ2) is 9.54. The highest BCUT2D eigenvalue weighted by molar-refractivity contribution is 7.87. The molecule has 0 saturated heterocycles. The van der Waals surface area contributed by atoms with Crippen molar-refractivity contribution in [1.29, 1.82) is 0 Å². The summed E-state index contributed by atoms with van der Waals surface area (Å²) in [6.07, 6.45) is 0. The maximum Gasteiger partial charge on any atom is 0.299 e. The Balaban J connectivity index is 1.92. The quantitative estimate of drug-likeness (QED) is 0.229. The fourth-order valence-electron chi connectivity index (χ4n) is 3.70. The van der Waals surface area contributed by atoms with Gasteiger partial charge in [0.25, 0.3) is 10.1 Å². The molecule has 0 bridgehead atoms. The molecule has 0 aliphatic rings. The zero-order valence-electron chi connectivity index (χ0n) is 18.8. The molecule has 4 aromatic carbocycles. The van der Waals surface area contributed by atoms with E-state index in [-0.39, 0.29) is 16.3 Å². The Morgan fingerprint density at radius 3 is 2.21 bits per heavy atom. The number of phenols is 1. The van der Waals surface area contributed by atoms with Crippen molar-refractivity contribution < 1.29 is 17.7 Å². The van der Waals surface area contributed by atoms with Gasteiger partial charge in [0.1, 0.15) is 10.6 Å². The van der Waals surface area contributed by atoms with Crippen molar-refractivity contribution in [2.24, 2.45) is 20.5 Å². The number of aromatic hydroxyl groups is 1. The molecule has 0 aliphatic carbocycles. The van der Waals surface area contributed by atoms with E-state index >= 15 is 0 Å². The molecular formula is C24H23N5O4S. The third-order valence-electron chi connectivity index (χ3n) is 5.26. The van der Waals surface area contributed by atoms with Crippen LogP contribution in [-0.4, -0.2) is 34.2 Å². The smallest absolute Gasteiger partial charge is 0.299 e. The summed E-state index contributed by atoms with van der Waals surface area (Å²) in [4.78, 5) is -0.280. The SMILES string of the molecule is CCNc1ccc2c(O)c(N=Nc3ccc(N=NC)c4ccccc34)c(S(=O)(=O)OC)cc2c1. The zero-order valence-corrected chi connectivity index (χ0v) is 19.7. The van der Waals surface area contributed by atoms with E-state index in [1.165, 1.54) is 6.07 Å². The summed E-state index contributed by atoms with van der Waals surface area (Å²) >= 11 is 0. The Bertz CT molecular complexity index is 1550. The van der Waals surface area contributed by atoms with Crippen LogP contribution in [-0.2, 0) is 14.3 Å². The monoisotopic (exact) mass is 477 g/mol. The first-order valence-electron chi connectivity index (χ1n) is 10.5. The van der Waals surface area contributed by atoms with Crippen LogP contribution >= 0.6 is 0 Å². The average molecular weight is 478 g/mol. The lowest BCUT2D eigenvalue weighted by Crippen LogP contribution is -2.03. The number of azo groups is 2. The van der Waals surface area contributed by atoms with Gasteiger partial charge in [-0.15, -0.1) is 10.2 Å². The van der Waals surface area contributed by atoms with Gasteiger partial charge < -0.3 is 10.4 Å². The zero-order chi connectivity index (χ0) is 24.3. The number of benzene rings is 4. The Kier molecular flexibility index (Phi) is 6.53. The second-order valence-corrected chi connectivity index (χ2v) is 8.99. The number of phenolic OH excluding ortho intramolecular Hbond substituents is 1. The molecule has 0 saturated carbocycles. The van der Waals surface area contributed by atoms with E-state index in [9.17, 15) is 13.5 Å². The van der Waals surface area contributed by atoms with Crippen molar-refractivity contribution >= 4 is 54.4 Å². The van der Waals surface area contributed by atoms with E-state index in [4.69, 9.17) is 4.18 Å². The maximum absolute atomic E-state index is 12.7. The van der Waals surface area contributed by atoms with Gasteiger partial charge in [-0.1, -0.05) is 24.3 Å². The molecule has 174 valence electrons. The lowest BCUT2D eigenvalue weighted by Gasteiger charge is -2.12. The fourth-order valence-corrected chi connectivity index (χ4v) is 4.52. The minimum atomic E-state index is -4.19. The highest BCUT2D eigenvalue weighted by Gasteiger charge is 2.24. The van der Waals surface area contributed by atoms with Gasteiger partial charge in [0.15, 0.2) is 5.75 Å². The van der Waals surface area contributed by atoms with E-state index in [2.05, 4.69) is 25.8 Å². The van der Waals surface area contributed by atoms with Gasteiger partial charge in [0.05, 0.1) is 18.5 Å². The molecule has 2 N–H and O–H groups in total. The number of rotatable bonds is 7. The molecule has 0 amide bonds. The summed E-state index contributed by atoms with van der Waals surface area (Å²) in [6, 6.07) is 17.6. The number of nitrogens with one attached hydrogen (secondary N) is 1. The predicted molar refractivity (Wildman–Crippen MR) is 133 cm³/mol. The van der Waals surface area contributed by atoms with Crippen molar-refractivity contribution in [2.75, 3.05) is 26.0 Å². The fraction of sp³-hybridized carbons (Fsp3) is 0.167. The van der Waals surface area contributed by atoms with Gasteiger partial charge in [-0.05, 0) is 48.7 Å². The molecule has 10 heteroatoms. The number of nitrogens with zero attached hydrogens (tertiary/aromatic N) is 4. The third-order valence-corrected chi connectivity index (χ3v) is 6.55. The average Bonchev–Trinajstić information content (AvgIpc) is 2.84. The molecule has 34 heavy (non-hydrogen) atoms. The first-order chi connectivity index (χ1) is 16.4. The Morgan fingerprint density at radius 1 is 0.912 bits per heavy atom. The Labute approximate surface area is 196 Å². The van der Waals surface area contributed by atoms with Crippen molar-refractivity contribution in [3.05, 3.63) is 60.7 Å². The van der Waals surface area contributed by atoms with E-state index in [1.54, 1.807) is 37.4 Å². The Morgan fingerprint density at radius 2 is 1.59 bits per heavy atom. The van der Waals surface area contributed by atoms with Crippen LogP contribution in [0.15, 0.2) is 86.0 Å². The third kappa shape index (κ3) is 4.33. The second-order valence-electron chi connectivity index (χ2n) is 7.31. The number of fused-ring (bicyclic) bond motifs is 2. The molecule has 0 unspecified atom stereocenters. The summed E-state index contributed by atoms with van der Waals surface area (Å²) in [5, 5.41) is 33.1. The highest BCUT2D eigenvalue weighted by Crippen LogP contribution is 2.43. The molecule has 0 fully saturated rings. The van der Waals surface area contributed by atoms with Crippen LogP contribution in [0.1, 0.15) is 6.92 Å². The summed E-state index contributed by atoms with van der Waals surface area (Å²) in [6.45, 7) is 2.65. The van der Waals surface area contributed by atoms with Crippen LogP contribution in [0.25, 0.3) is 21.5 Å². The van der Waals surface area contributed by atoms with Gasteiger partial charge >= 0.3 is 0 Å². The standard InChI is InChI=1S/C24H23N5O4S/c1-4-26-16-9-10-17-15(13-16)14-22(34(31,32)33-3)23(24(17)30)29-28-21-12-11-20(27-25-2)18-7-5-6-8-19(18)21/h5-14,26,30H,4H2,1-3H3. The van der Waals surface area contributed by atoms with Crippen LogP contribution in [0.4, 0.5) is 22.7 Å². The molecule has 4 rings (SSSR count). The first kappa shape index (κ1) is 23.3. The molecule has 0 spiro atoms. The summed E-state index contributed by atoms with van der Waals surface area (Å²) in [5.41, 5.74) is 1.74. The topological polar surface area (TPSA) is 125 Å². The van der Waals surface area contributed by atoms with E-state index in [0.29, 0.717) is 28.7 Å². The van der Waals surface area contributed by atoms with Crippen LogP contribution in [0.5, 0.6) is 5.75 Å². The van der Waals surface area contributed by atoms with Gasteiger partial charge in [-0.3, -0.25) is 4.18 Å². The van der Waals surface area contributed by atoms with E-state index in [0.717, 1.165) is 23.6 Å². The first-order valence-corrected chi connectivity index (χ1v) is 11.9. The van der Waals surface area contributed by atoms with Crippen LogP contribution in [0.3, 0.4) is 0 Å². The molecule has 0 heterocycles. The minimum Gasteiger partial charge on any atom is -0.505 e. The van der Waals surface area contributed by atoms with Gasteiger partial charge in [-0.25, -0.2) is 0 Å². The molecule has 0 radical (unpaired) electrons. The largest absolute Gasteiger partial charge is 0.505 e. The van der Waals surface area contributed by atoms with Crippen molar-refractivity contribution in [3.63, 3.8) is 0 Å². The number of hydrogen-bond donors (Lipinski definition) is 2. The summed E-state index contributed by atoms with van der Waals surface area (Å²) in [5.74, 6) is -0.305. The predicted octanol–water partition coefficient (Wildman–Crippen LogP) is 6.59. The molecule has 4 aromatic rings. The van der Waals surface area contributed by atoms with E-state index < -0.39 is 10.1 Å². The Hall–Kier alpha value is -3.89. The molecular weight excluding hydrogens is 454 g/mol. The van der Waals surface area contributed by atoms with Crippen molar-refractivity contribution in [1.82, 2.24) is 0 Å².